The summed E-state index contributed by atoms with van der Waals surface area (Å²) in [5.74, 6) is 2.12. The van der Waals surface area contributed by atoms with Crippen LogP contribution in [-0.4, -0.2) is 9.55 Å². The van der Waals surface area contributed by atoms with Crippen molar-refractivity contribution < 1.29 is 25.8 Å². The number of benzene rings is 5. The first-order valence-corrected chi connectivity index (χ1v) is 16.8. The summed E-state index contributed by atoms with van der Waals surface area (Å²) in [5.41, 5.74) is 3.23. The van der Waals surface area contributed by atoms with Crippen LogP contribution >= 0.6 is 7.26 Å². The van der Waals surface area contributed by atoms with Gasteiger partial charge in [-0.2, -0.15) is 18.8 Å². The fraction of sp³-hybridized carbons (Fsp3) is 0.100. The molecule has 0 radical (unpaired) electrons. The third kappa shape index (κ3) is 5.77. The van der Waals surface area contributed by atoms with Crippen LogP contribution in [0.15, 0.2) is 134 Å². The number of ether oxygens (including phenoxy) is 1. The Morgan fingerprint density at radius 1 is 0.689 bits per heavy atom. The maximum Gasteiger partial charge on any atom is 0.135 e. The molecule has 2 heterocycles. The first kappa shape index (κ1) is 31.0. The molecule has 7 rings (SSSR count). The molecule has 0 spiro atoms. The minimum atomic E-state index is -2.19. The topological polar surface area (TPSA) is 27.1 Å². The minimum absolute atomic E-state index is 0. The molecule has 0 fully saturated rings. The molecule has 0 aliphatic rings. The molecule has 0 saturated heterocycles. The Morgan fingerprint density at radius 2 is 1.33 bits per heavy atom. The maximum atomic E-state index is 6.50. The van der Waals surface area contributed by atoms with E-state index in [-0.39, 0.29) is 26.5 Å². The van der Waals surface area contributed by atoms with E-state index in [0.717, 1.165) is 32.9 Å². The molecule has 0 amide bonds. The van der Waals surface area contributed by atoms with Gasteiger partial charge in [0.05, 0.1) is 10.6 Å². The van der Waals surface area contributed by atoms with Crippen molar-refractivity contribution in [3.63, 3.8) is 0 Å². The zero-order valence-electron chi connectivity index (χ0n) is 25.5. The molecular formula is C40H33N2OPPt-2. The van der Waals surface area contributed by atoms with E-state index >= 15 is 0 Å². The Bertz CT molecular complexity index is 2060. The maximum absolute atomic E-state index is 6.50. The molecule has 0 aliphatic heterocycles. The van der Waals surface area contributed by atoms with Crippen LogP contribution in [-0.2, 0) is 26.5 Å². The third-order valence-corrected chi connectivity index (χ3v) is 11.6. The van der Waals surface area contributed by atoms with E-state index in [2.05, 4.69) is 135 Å². The van der Waals surface area contributed by atoms with Crippen LogP contribution in [0.2, 0.25) is 0 Å². The number of aromatic nitrogens is 2. The van der Waals surface area contributed by atoms with Gasteiger partial charge in [-0.15, -0.1) is 29.7 Å². The van der Waals surface area contributed by atoms with Crippen molar-refractivity contribution in [1.82, 2.24) is 9.55 Å². The largest absolute Gasteiger partial charge is 0.509 e. The van der Waals surface area contributed by atoms with Crippen molar-refractivity contribution in [3.05, 3.63) is 158 Å². The molecule has 7 aromatic rings. The van der Waals surface area contributed by atoms with Crippen molar-refractivity contribution in [3.8, 4) is 17.3 Å². The summed E-state index contributed by atoms with van der Waals surface area (Å²) < 4.78 is 8.69. The van der Waals surface area contributed by atoms with E-state index in [0.29, 0.717) is 11.5 Å². The van der Waals surface area contributed by atoms with E-state index in [1.165, 1.54) is 16.2 Å². The van der Waals surface area contributed by atoms with E-state index in [9.17, 15) is 0 Å². The van der Waals surface area contributed by atoms with Gasteiger partial charge in [0.2, 0.25) is 0 Å². The van der Waals surface area contributed by atoms with E-state index in [1.807, 2.05) is 36.5 Å². The predicted molar refractivity (Wildman–Crippen MR) is 186 cm³/mol. The summed E-state index contributed by atoms with van der Waals surface area (Å²) in [6.45, 7) is 11.5. The molecule has 45 heavy (non-hydrogen) atoms. The number of para-hydroxylation sites is 1. The van der Waals surface area contributed by atoms with Gasteiger partial charge in [0.15, 0.2) is 0 Å². The summed E-state index contributed by atoms with van der Waals surface area (Å²) in [6.07, 6.45) is 1.89. The number of fused-ring (bicyclic) bond motifs is 3. The first-order chi connectivity index (χ1) is 21.3. The molecule has 5 aromatic carbocycles. The Hall–Kier alpha value is -4.03. The van der Waals surface area contributed by atoms with Gasteiger partial charge in [0, 0.05) is 44.3 Å². The van der Waals surface area contributed by atoms with Crippen LogP contribution in [0, 0.1) is 18.8 Å². The summed E-state index contributed by atoms with van der Waals surface area (Å²) >= 11 is 0. The van der Waals surface area contributed by atoms with E-state index in [4.69, 9.17) is 16.4 Å². The van der Waals surface area contributed by atoms with Gasteiger partial charge in [-0.3, -0.25) is 0 Å². The number of rotatable bonds is 6. The van der Waals surface area contributed by atoms with Crippen molar-refractivity contribution >= 4 is 45.0 Å². The summed E-state index contributed by atoms with van der Waals surface area (Å²) in [4.78, 5) is 4.80. The molecule has 2 aromatic heterocycles. The standard InChI is InChI=1S/C40H33N2OP.Pt/c1-40(2,3)29-24-25-41-39(26-29)42-37-21-12-11-20-35(37)36-23-22-31(28-38(36)42)43-30-14-13-19-34(27-30)44(4,32-15-7-5-8-16-32)33-17-9-6-10-18-33;/h5-26H,4H2,1-3H3;/q-2;. The van der Waals surface area contributed by atoms with Gasteiger partial charge in [0.25, 0.3) is 0 Å². The van der Waals surface area contributed by atoms with Crippen LogP contribution in [0.3, 0.4) is 0 Å². The van der Waals surface area contributed by atoms with Gasteiger partial charge in [0.1, 0.15) is 5.82 Å². The van der Waals surface area contributed by atoms with Gasteiger partial charge >= 0.3 is 0 Å². The van der Waals surface area contributed by atoms with Crippen LogP contribution in [0.4, 0.5) is 0 Å². The van der Waals surface area contributed by atoms with E-state index in [1.54, 1.807) is 0 Å². The summed E-state index contributed by atoms with van der Waals surface area (Å²) in [7, 11) is -2.19. The van der Waals surface area contributed by atoms with E-state index < -0.39 is 7.26 Å². The molecule has 0 bridgehead atoms. The molecule has 0 aliphatic carbocycles. The first-order valence-electron chi connectivity index (χ1n) is 14.8. The van der Waals surface area contributed by atoms with Crippen LogP contribution in [0.5, 0.6) is 11.5 Å². The molecule has 0 saturated carbocycles. The van der Waals surface area contributed by atoms with Crippen molar-refractivity contribution in [2.45, 2.75) is 26.2 Å². The Kier molecular flexibility index (Phi) is 8.53. The Morgan fingerprint density at radius 3 is 2.02 bits per heavy atom. The SMILES string of the molecule is [CH2-][P+](c1[c-]c(Oc2[c-]c3c(cc2)c2ccccc2n3-c2cc(C(C)(C)C)ccn2)ccc1)(c1ccccc1)c1ccccc1.[Pt]. The number of nitrogens with zero attached hydrogens (tertiary/aromatic N) is 2. The fourth-order valence-corrected chi connectivity index (χ4v) is 8.67. The second-order valence-electron chi connectivity index (χ2n) is 12.1. The van der Waals surface area contributed by atoms with Crippen LogP contribution in [0.1, 0.15) is 26.3 Å². The molecule has 3 nitrogen and oxygen atoms in total. The second-order valence-corrected chi connectivity index (χ2v) is 15.2. The third-order valence-electron chi connectivity index (χ3n) is 8.18. The number of hydrogen-bond acceptors (Lipinski definition) is 2. The quantitative estimate of drug-likeness (QED) is 0.125. The van der Waals surface area contributed by atoms with Crippen LogP contribution in [0.25, 0.3) is 27.6 Å². The average Bonchev–Trinajstić information content (AvgIpc) is 3.38. The molecule has 0 N–H and O–H groups in total. The normalized spacial score (nSPS) is 11.8. The predicted octanol–water partition coefficient (Wildman–Crippen LogP) is 8.95. The molecule has 0 unspecified atom stereocenters. The van der Waals surface area contributed by atoms with Gasteiger partial charge in [-0.25, -0.2) is 4.98 Å². The zero-order valence-corrected chi connectivity index (χ0v) is 28.6. The number of pyridine rings is 1. The van der Waals surface area contributed by atoms with Gasteiger partial charge in [-0.1, -0.05) is 87.0 Å². The smallest absolute Gasteiger partial charge is 0.135 e. The Balaban J connectivity index is 0.00000357. The van der Waals surface area contributed by atoms with Crippen molar-refractivity contribution in [2.24, 2.45) is 0 Å². The summed E-state index contributed by atoms with van der Waals surface area (Å²) in [6, 6.07) is 51.1. The van der Waals surface area contributed by atoms with Crippen molar-refractivity contribution in [2.75, 3.05) is 0 Å². The van der Waals surface area contributed by atoms with Crippen LogP contribution < -0.4 is 20.7 Å². The zero-order chi connectivity index (χ0) is 30.3. The average molecular weight is 784 g/mol. The molecule has 0 atom stereocenters. The molecule has 226 valence electrons. The second kappa shape index (κ2) is 12.4. The van der Waals surface area contributed by atoms with Crippen molar-refractivity contribution in [1.29, 1.82) is 0 Å². The fourth-order valence-electron chi connectivity index (χ4n) is 5.81. The molecule has 5 heteroatoms. The van der Waals surface area contributed by atoms with Gasteiger partial charge < -0.3 is 9.30 Å². The monoisotopic (exact) mass is 783 g/mol. The minimum Gasteiger partial charge on any atom is -0.509 e. The summed E-state index contributed by atoms with van der Waals surface area (Å²) in [5, 5.41) is 5.68. The van der Waals surface area contributed by atoms with Gasteiger partial charge in [-0.05, 0) is 71.4 Å². The molecular weight excluding hydrogens is 751 g/mol. The Labute approximate surface area is 280 Å². The number of hydrogen-bond donors (Lipinski definition) is 0.